The van der Waals surface area contributed by atoms with Crippen LogP contribution in [-0.4, -0.2) is 38.1 Å². The summed E-state index contributed by atoms with van der Waals surface area (Å²) >= 11 is 6.01. The summed E-state index contributed by atoms with van der Waals surface area (Å²) in [6.45, 7) is 3.25. The topological polar surface area (TPSA) is 59.6 Å². The first-order valence-electron chi connectivity index (χ1n) is 9.00. The molecule has 0 spiro atoms. The van der Waals surface area contributed by atoms with Gasteiger partial charge in [0.1, 0.15) is 5.52 Å². The minimum absolute atomic E-state index is 0.0318. The first-order chi connectivity index (χ1) is 12.9. The van der Waals surface area contributed by atoms with Crippen LogP contribution in [0.5, 0.6) is 0 Å². The van der Waals surface area contributed by atoms with Gasteiger partial charge in [0.25, 0.3) is 11.5 Å². The molecule has 2 aliphatic rings. The van der Waals surface area contributed by atoms with Gasteiger partial charge in [-0.05, 0) is 37.0 Å². The number of fused-ring (bicyclic) bond motifs is 2. The van der Waals surface area contributed by atoms with Crippen molar-refractivity contribution in [3.05, 3.63) is 68.9 Å². The maximum absolute atomic E-state index is 13.2. The molecule has 2 aromatic heterocycles. The molecule has 1 amide bonds. The van der Waals surface area contributed by atoms with Crippen LogP contribution in [0.25, 0.3) is 5.52 Å². The third kappa shape index (κ3) is 2.29. The number of hydrogen-bond donors (Lipinski definition) is 0. The summed E-state index contributed by atoms with van der Waals surface area (Å²) in [6.07, 6.45) is 4.33. The molecule has 2 unspecified atom stereocenters. The fraction of sp³-hybridized carbons (Fsp3) is 0.350. The zero-order valence-corrected chi connectivity index (χ0v) is 15.9. The molecule has 1 saturated carbocycles. The van der Waals surface area contributed by atoms with Crippen LogP contribution in [-0.2, 0) is 12.5 Å². The smallest absolute Gasteiger partial charge is 0.277 e. The zero-order chi connectivity index (χ0) is 18.9. The fourth-order valence-electron chi connectivity index (χ4n) is 4.58. The summed E-state index contributed by atoms with van der Waals surface area (Å²) in [5.41, 5.74) is 2.60. The van der Waals surface area contributed by atoms with Crippen molar-refractivity contribution < 1.29 is 4.79 Å². The van der Waals surface area contributed by atoms with E-state index in [4.69, 9.17) is 11.6 Å². The molecule has 0 radical (unpaired) electrons. The van der Waals surface area contributed by atoms with E-state index in [1.54, 1.807) is 17.8 Å². The third-order valence-electron chi connectivity index (χ3n) is 6.09. The van der Waals surface area contributed by atoms with E-state index in [0.29, 0.717) is 30.1 Å². The third-order valence-corrected chi connectivity index (χ3v) is 6.34. The normalized spacial score (nSPS) is 23.7. The van der Waals surface area contributed by atoms with Gasteiger partial charge in [-0.25, -0.2) is 4.52 Å². The lowest BCUT2D eigenvalue weighted by Gasteiger charge is -2.21. The molecule has 1 saturated heterocycles. The first kappa shape index (κ1) is 16.6. The number of carbonyl (C=O) groups is 1. The Morgan fingerprint density at radius 2 is 2.04 bits per heavy atom. The van der Waals surface area contributed by atoms with Gasteiger partial charge in [-0.3, -0.25) is 9.59 Å². The Morgan fingerprint density at radius 1 is 1.30 bits per heavy atom. The van der Waals surface area contributed by atoms with Crippen LogP contribution < -0.4 is 5.56 Å². The van der Waals surface area contributed by atoms with E-state index >= 15 is 0 Å². The maximum Gasteiger partial charge on any atom is 0.277 e. The predicted octanol–water partition coefficient (Wildman–Crippen LogP) is 2.41. The number of carbonyl (C=O) groups excluding carboxylic acids is 1. The molecule has 1 aliphatic carbocycles. The quantitative estimate of drug-likeness (QED) is 0.683. The molecular formula is C20H19ClN4O2. The van der Waals surface area contributed by atoms with Crippen LogP contribution in [0.15, 0.2) is 41.5 Å². The van der Waals surface area contributed by atoms with Crippen molar-refractivity contribution in [3.8, 4) is 0 Å². The van der Waals surface area contributed by atoms with Crippen LogP contribution >= 0.6 is 11.6 Å². The second-order valence-electron chi connectivity index (χ2n) is 7.75. The Hall–Kier alpha value is -2.60. The molecule has 3 heterocycles. The lowest BCUT2D eigenvalue weighted by atomic mass is 9.95. The number of halogens is 1. The van der Waals surface area contributed by atoms with E-state index in [9.17, 15) is 9.59 Å². The molecule has 1 aromatic carbocycles. The minimum Gasteiger partial charge on any atom is -0.337 e. The summed E-state index contributed by atoms with van der Waals surface area (Å²) in [6, 6.07) is 7.93. The highest BCUT2D eigenvalue weighted by Crippen LogP contribution is 2.59. The molecule has 7 heteroatoms. The number of amides is 1. The van der Waals surface area contributed by atoms with E-state index in [2.05, 4.69) is 17.2 Å². The number of rotatable bonds is 2. The van der Waals surface area contributed by atoms with E-state index in [1.165, 1.54) is 16.3 Å². The Morgan fingerprint density at radius 3 is 2.78 bits per heavy atom. The minimum atomic E-state index is -0.210. The van der Waals surface area contributed by atoms with Crippen LogP contribution in [0, 0.1) is 12.8 Å². The number of benzene rings is 1. The van der Waals surface area contributed by atoms with Gasteiger partial charge >= 0.3 is 0 Å². The van der Waals surface area contributed by atoms with Crippen LogP contribution in [0.3, 0.4) is 0 Å². The molecule has 0 bridgehead atoms. The Kier molecular flexibility index (Phi) is 3.35. The van der Waals surface area contributed by atoms with Gasteiger partial charge < -0.3 is 9.47 Å². The average Bonchev–Trinajstić information content (AvgIpc) is 3.02. The van der Waals surface area contributed by atoms with Gasteiger partial charge in [0.15, 0.2) is 0 Å². The molecule has 2 atom stereocenters. The molecule has 27 heavy (non-hydrogen) atoms. The molecule has 1 aliphatic heterocycles. The predicted molar refractivity (Wildman–Crippen MR) is 102 cm³/mol. The highest BCUT2D eigenvalue weighted by Gasteiger charge is 2.61. The highest BCUT2D eigenvalue weighted by atomic mass is 35.5. The highest BCUT2D eigenvalue weighted by molar-refractivity contribution is 6.30. The Labute approximate surface area is 161 Å². The maximum atomic E-state index is 13.2. The molecule has 6 nitrogen and oxygen atoms in total. The first-order valence-corrected chi connectivity index (χ1v) is 9.38. The van der Waals surface area contributed by atoms with E-state index in [0.717, 1.165) is 17.1 Å². The molecule has 2 fully saturated rings. The molecular weight excluding hydrogens is 364 g/mol. The van der Waals surface area contributed by atoms with Gasteiger partial charge in [-0.2, -0.15) is 5.10 Å². The van der Waals surface area contributed by atoms with Gasteiger partial charge in [0, 0.05) is 36.8 Å². The van der Waals surface area contributed by atoms with Crippen molar-refractivity contribution in [3.63, 3.8) is 0 Å². The second kappa shape index (κ2) is 5.45. The number of aromatic nitrogens is 3. The number of likely N-dealkylation sites (tertiary alicyclic amines) is 1. The zero-order valence-electron chi connectivity index (χ0n) is 15.1. The number of nitrogens with zero attached hydrogens (tertiary/aromatic N) is 4. The summed E-state index contributed by atoms with van der Waals surface area (Å²) in [5.74, 6) is 0.349. The van der Waals surface area contributed by atoms with Crippen molar-refractivity contribution in [1.82, 2.24) is 19.1 Å². The Balaban J connectivity index is 1.49. The van der Waals surface area contributed by atoms with Crippen molar-refractivity contribution >= 4 is 23.0 Å². The van der Waals surface area contributed by atoms with Crippen LogP contribution in [0.1, 0.15) is 28.0 Å². The summed E-state index contributed by atoms with van der Waals surface area (Å²) < 4.78 is 3.06. The van der Waals surface area contributed by atoms with Gasteiger partial charge in [0.2, 0.25) is 0 Å². The number of aryl methyl sites for hydroxylation is 2. The largest absolute Gasteiger partial charge is 0.337 e. The van der Waals surface area contributed by atoms with Crippen molar-refractivity contribution in [1.29, 1.82) is 0 Å². The van der Waals surface area contributed by atoms with Crippen molar-refractivity contribution in [2.75, 3.05) is 13.1 Å². The van der Waals surface area contributed by atoms with Gasteiger partial charge in [0.05, 0.1) is 17.5 Å². The van der Waals surface area contributed by atoms with Crippen molar-refractivity contribution in [2.24, 2.45) is 13.0 Å². The average molecular weight is 383 g/mol. The van der Waals surface area contributed by atoms with Gasteiger partial charge in [-0.1, -0.05) is 23.7 Å². The molecule has 3 aromatic rings. The molecule has 138 valence electrons. The SMILES string of the molecule is Cc1cn(C)c(=O)c2c(C(=O)N3CC4CC4(c4ccc(Cl)cc4)C3)cnn12. The van der Waals surface area contributed by atoms with E-state index in [1.807, 2.05) is 24.0 Å². The van der Waals surface area contributed by atoms with Crippen LogP contribution in [0.4, 0.5) is 0 Å². The van der Waals surface area contributed by atoms with Crippen molar-refractivity contribution in [2.45, 2.75) is 18.8 Å². The fourth-order valence-corrected chi connectivity index (χ4v) is 4.70. The lowest BCUT2D eigenvalue weighted by Crippen LogP contribution is -2.33. The second-order valence-corrected chi connectivity index (χ2v) is 8.19. The van der Waals surface area contributed by atoms with E-state index < -0.39 is 0 Å². The Bertz CT molecular complexity index is 1150. The number of piperidine rings is 1. The lowest BCUT2D eigenvalue weighted by molar-refractivity contribution is 0.0774. The monoisotopic (exact) mass is 382 g/mol. The summed E-state index contributed by atoms with van der Waals surface area (Å²) in [7, 11) is 1.69. The summed E-state index contributed by atoms with van der Waals surface area (Å²) in [4.78, 5) is 27.6. The molecule has 0 N–H and O–H groups in total. The molecule has 5 rings (SSSR count). The standard InChI is InChI=1S/C20H19ClN4O2/c1-12-9-23(2)19(27)17-16(8-22-25(12)17)18(26)24-10-14-7-20(14,11-24)13-3-5-15(21)6-4-13/h3-6,8-9,14H,7,10-11H2,1-2H3. The van der Waals surface area contributed by atoms with Crippen LogP contribution in [0.2, 0.25) is 5.02 Å². The van der Waals surface area contributed by atoms with Gasteiger partial charge in [-0.15, -0.1) is 0 Å². The van der Waals surface area contributed by atoms with E-state index in [-0.39, 0.29) is 16.9 Å². The summed E-state index contributed by atoms with van der Waals surface area (Å²) in [5, 5.41) is 4.99. The number of hydrogen-bond acceptors (Lipinski definition) is 3.